The van der Waals surface area contributed by atoms with E-state index in [1.54, 1.807) is 11.8 Å². The molecule has 0 heterocycles. The zero-order chi connectivity index (χ0) is 14.1. The number of nitrogens with one attached hydrogen (secondary N) is 1. The first-order valence-corrected chi connectivity index (χ1v) is 8.73. The Morgan fingerprint density at radius 2 is 2.00 bits per heavy atom. The van der Waals surface area contributed by atoms with Crippen LogP contribution in [0, 0.1) is 11.3 Å². The lowest BCUT2D eigenvalue weighted by molar-refractivity contribution is -0.131. The van der Waals surface area contributed by atoms with Crippen molar-refractivity contribution < 1.29 is 9.90 Å². The highest BCUT2D eigenvalue weighted by Crippen LogP contribution is 2.43. The second-order valence-electron chi connectivity index (χ2n) is 6.03. The first-order valence-electron chi connectivity index (χ1n) is 7.57. The lowest BCUT2D eigenvalue weighted by atomic mass is 9.78. The summed E-state index contributed by atoms with van der Waals surface area (Å²) in [6.07, 6.45) is 6.40. The van der Waals surface area contributed by atoms with E-state index in [4.69, 9.17) is 5.11 Å². The van der Waals surface area contributed by atoms with E-state index in [0.29, 0.717) is 5.92 Å². The second-order valence-corrected chi connectivity index (χ2v) is 7.26. The Labute approximate surface area is 121 Å². The molecule has 3 nitrogen and oxygen atoms in total. The number of thioether (sulfide) groups is 1. The van der Waals surface area contributed by atoms with Crippen LogP contribution in [0.15, 0.2) is 0 Å². The number of carbonyl (C=O) groups is 1. The third-order valence-corrected chi connectivity index (χ3v) is 4.89. The smallest absolute Gasteiger partial charge is 0.226 e. The number of aliphatic hydroxyl groups excluding tert-OH is 1. The maximum Gasteiger partial charge on any atom is 0.226 e. The average molecular weight is 287 g/mol. The van der Waals surface area contributed by atoms with Crippen molar-refractivity contribution in [1.82, 2.24) is 5.32 Å². The number of rotatable bonds is 9. The van der Waals surface area contributed by atoms with Crippen LogP contribution in [-0.4, -0.2) is 35.7 Å². The molecule has 2 N–H and O–H groups in total. The fourth-order valence-corrected chi connectivity index (χ4v) is 3.83. The van der Waals surface area contributed by atoms with Crippen LogP contribution in [0.2, 0.25) is 0 Å². The molecule has 1 amide bonds. The van der Waals surface area contributed by atoms with Gasteiger partial charge >= 0.3 is 0 Å². The van der Waals surface area contributed by atoms with E-state index in [2.05, 4.69) is 19.2 Å². The molecule has 1 saturated carbocycles. The summed E-state index contributed by atoms with van der Waals surface area (Å²) in [5.41, 5.74) is -0.0794. The van der Waals surface area contributed by atoms with Crippen molar-refractivity contribution in [2.45, 2.75) is 52.4 Å². The van der Waals surface area contributed by atoms with Crippen molar-refractivity contribution in [2.75, 3.05) is 24.7 Å². The minimum absolute atomic E-state index is 0.0794. The van der Waals surface area contributed by atoms with Gasteiger partial charge in [0.05, 0.1) is 0 Å². The van der Waals surface area contributed by atoms with E-state index in [-0.39, 0.29) is 17.9 Å². The van der Waals surface area contributed by atoms with E-state index in [1.807, 2.05) is 0 Å². The maximum atomic E-state index is 12.4. The first-order chi connectivity index (χ1) is 9.10. The SMILES string of the molecule is CC(C)CC1(C(=O)NCCSCCCO)CCCC1. The molecule has 19 heavy (non-hydrogen) atoms. The molecule has 1 rings (SSSR count). The van der Waals surface area contributed by atoms with Crippen LogP contribution in [0.4, 0.5) is 0 Å². The predicted molar refractivity (Wildman–Crippen MR) is 82.4 cm³/mol. The third kappa shape index (κ3) is 5.74. The molecule has 0 aromatic carbocycles. The molecule has 0 aliphatic heterocycles. The van der Waals surface area contributed by atoms with Crippen molar-refractivity contribution in [3.05, 3.63) is 0 Å². The molecular weight excluding hydrogens is 258 g/mol. The van der Waals surface area contributed by atoms with Gasteiger partial charge in [-0.3, -0.25) is 4.79 Å². The average Bonchev–Trinajstić information content (AvgIpc) is 2.82. The molecule has 4 heteroatoms. The number of carbonyl (C=O) groups excluding carboxylic acids is 1. The molecule has 0 unspecified atom stereocenters. The highest BCUT2D eigenvalue weighted by molar-refractivity contribution is 7.99. The molecule has 1 aliphatic rings. The van der Waals surface area contributed by atoms with Crippen molar-refractivity contribution in [2.24, 2.45) is 11.3 Å². The van der Waals surface area contributed by atoms with E-state index < -0.39 is 0 Å². The largest absolute Gasteiger partial charge is 0.396 e. The zero-order valence-corrected chi connectivity index (χ0v) is 13.2. The molecular formula is C15H29NO2S. The van der Waals surface area contributed by atoms with Crippen LogP contribution in [0.5, 0.6) is 0 Å². The number of hydrogen-bond acceptors (Lipinski definition) is 3. The van der Waals surface area contributed by atoms with Gasteiger partial charge in [0, 0.05) is 24.3 Å². The lowest BCUT2D eigenvalue weighted by Gasteiger charge is -2.29. The Morgan fingerprint density at radius 1 is 1.32 bits per heavy atom. The molecule has 0 aromatic rings. The second kappa shape index (κ2) is 8.85. The van der Waals surface area contributed by atoms with Gasteiger partial charge in [0.2, 0.25) is 5.91 Å². The van der Waals surface area contributed by atoms with Gasteiger partial charge in [-0.15, -0.1) is 0 Å². The molecule has 0 radical (unpaired) electrons. The van der Waals surface area contributed by atoms with Crippen molar-refractivity contribution >= 4 is 17.7 Å². The number of amides is 1. The van der Waals surface area contributed by atoms with Gasteiger partial charge in [0.1, 0.15) is 0 Å². The Kier molecular flexibility index (Phi) is 7.84. The van der Waals surface area contributed by atoms with E-state index in [1.165, 1.54) is 12.8 Å². The molecule has 0 spiro atoms. The minimum Gasteiger partial charge on any atom is -0.396 e. The van der Waals surface area contributed by atoms with E-state index in [0.717, 1.165) is 43.7 Å². The lowest BCUT2D eigenvalue weighted by Crippen LogP contribution is -2.41. The summed E-state index contributed by atoms with van der Waals surface area (Å²) in [5.74, 6) is 2.79. The molecule has 0 bridgehead atoms. The topological polar surface area (TPSA) is 49.3 Å². The molecule has 0 aromatic heterocycles. The van der Waals surface area contributed by atoms with Gasteiger partial charge in [-0.2, -0.15) is 11.8 Å². The fourth-order valence-electron chi connectivity index (χ4n) is 3.05. The first kappa shape index (κ1) is 16.8. The third-order valence-electron chi connectivity index (χ3n) is 3.82. The minimum atomic E-state index is -0.0794. The fraction of sp³-hybridized carbons (Fsp3) is 0.933. The maximum absolute atomic E-state index is 12.4. The number of hydrogen-bond donors (Lipinski definition) is 2. The van der Waals surface area contributed by atoms with Crippen LogP contribution in [0.3, 0.4) is 0 Å². The van der Waals surface area contributed by atoms with Crippen LogP contribution in [0.25, 0.3) is 0 Å². The van der Waals surface area contributed by atoms with Crippen LogP contribution < -0.4 is 5.32 Å². The van der Waals surface area contributed by atoms with Gasteiger partial charge in [-0.05, 0) is 37.4 Å². The highest BCUT2D eigenvalue weighted by atomic mass is 32.2. The predicted octanol–water partition coefficient (Wildman–Crippen LogP) is 2.82. The van der Waals surface area contributed by atoms with Crippen molar-refractivity contribution in [3.8, 4) is 0 Å². The van der Waals surface area contributed by atoms with E-state index in [9.17, 15) is 4.79 Å². The summed E-state index contributed by atoms with van der Waals surface area (Å²) in [6, 6.07) is 0. The van der Waals surface area contributed by atoms with Gasteiger partial charge in [0.25, 0.3) is 0 Å². The summed E-state index contributed by atoms with van der Waals surface area (Å²) in [7, 11) is 0. The molecule has 1 fully saturated rings. The Morgan fingerprint density at radius 3 is 2.58 bits per heavy atom. The van der Waals surface area contributed by atoms with Gasteiger partial charge in [0.15, 0.2) is 0 Å². The van der Waals surface area contributed by atoms with Crippen molar-refractivity contribution in [3.63, 3.8) is 0 Å². The quantitative estimate of drug-likeness (QED) is 0.641. The van der Waals surface area contributed by atoms with Crippen LogP contribution in [0.1, 0.15) is 52.4 Å². The van der Waals surface area contributed by atoms with Crippen LogP contribution >= 0.6 is 11.8 Å². The number of aliphatic hydroxyl groups is 1. The van der Waals surface area contributed by atoms with Crippen molar-refractivity contribution in [1.29, 1.82) is 0 Å². The van der Waals surface area contributed by atoms with Gasteiger partial charge < -0.3 is 10.4 Å². The molecule has 0 atom stereocenters. The normalized spacial score (nSPS) is 17.9. The summed E-state index contributed by atoms with van der Waals surface area (Å²) < 4.78 is 0. The Hall–Kier alpha value is -0.220. The summed E-state index contributed by atoms with van der Waals surface area (Å²) in [5, 5.41) is 11.8. The monoisotopic (exact) mass is 287 g/mol. The van der Waals surface area contributed by atoms with Gasteiger partial charge in [-0.1, -0.05) is 26.7 Å². The molecule has 0 saturated heterocycles. The zero-order valence-electron chi connectivity index (χ0n) is 12.4. The Balaban J connectivity index is 2.29. The summed E-state index contributed by atoms with van der Waals surface area (Å²) in [6.45, 7) is 5.43. The standard InChI is InChI=1S/C15H29NO2S/c1-13(2)12-15(6-3-4-7-15)14(18)16-8-11-19-10-5-9-17/h13,17H,3-12H2,1-2H3,(H,16,18). The summed E-state index contributed by atoms with van der Waals surface area (Å²) >= 11 is 1.80. The Bertz CT molecular complexity index is 263. The summed E-state index contributed by atoms with van der Waals surface area (Å²) in [4.78, 5) is 12.4. The highest BCUT2D eigenvalue weighted by Gasteiger charge is 2.40. The molecule has 112 valence electrons. The van der Waals surface area contributed by atoms with E-state index >= 15 is 0 Å². The van der Waals surface area contributed by atoms with Crippen LogP contribution in [-0.2, 0) is 4.79 Å². The molecule has 1 aliphatic carbocycles. The van der Waals surface area contributed by atoms with Gasteiger partial charge in [-0.25, -0.2) is 0 Å².